The standard InChI is InChI=1S/C7H12N4/c1-5-6(8)4-9-7(10-5)11(2)3/h4H,8H2,1-3H3. The average molecular weight is 152 g/mol. The molecule has 0 aliphatic carbocycles. The number of rotatable bonds is 1. The lowest BCUT2D eigenvalue weighted by Gasteiger charge is -2.10. The molecule has 0 bridgehead atoms. The van der Waals surface area contributed by atoms with E-state index in [9.17, 15) is 0 Å². The summed E-state index contributed by atoms with van der Waals surface area (Å²) in [7, 11) is 3.79. The maximum atomic E-state index is 5.55. The molecule has 0 saturated carbocycles. The van der Waals surface area contributed by atoms with Crippen molar-refractivity contribution in [1.82, 2.24) is 9.97 Å². The zero-order valence-corrected chi connectivity index (χ0v) is 7.00. The Morgan fingerprint density at radius 3 is 2.55 bits per heavy atom. The van der Waals surface area contributed by atoms with E-state index in [0.717, 1.165) is 5.69 Å². The van der Waals surface area contributed by atoms with Crippen molar-refractivity contribution in [1.29, 1.82) is 0 Å². The van der Waals surface area contributed by atoms with Gasteiger partial charge in [-0.05, 0) is 6.92 Å². The Morgan fingerprint density at radius 2 is 2.09 bits per heavy atom. The van der Waals surface area contributed by atoms with Crippen molar-refractivity contribution in [2.45, 2.75) is 6.92 Å². The van der Waals surface area contributed by atoms with Crippen LogP contribution < -0.4 is 10.6 Å². The number of nitrogens with zero attached hydrogens (tertiary/aromatic N) is 3. The number of aromatic nitrogens is 2. The summed E-state index contributed by atoms with van der Waals surface area (Å²) in [5, 5.41) is 0. The smallest absolute Gasteiger partial charge is 0.225 e. The van der Waals surface area contributed by atoms with Gasteiger partial charge in [0.25, 0.3) is 0 Å². The van der Waals surface area contributed by atoms with Gasteiger partial charge in [0.1, 0.15) is 0 Å². The Kier molecular flexibility index (Phi) is 1.94. The lowest BCUT2D eigenvalue weighted by Crippen LogP contribution is -2.13. The van der Waals surface area contributed by atoms with Crippen LogP contribution in [-0.2, 0) is 0 Å². The van der Waals surface area contributed by atoms with E-state index < -0.39 is 0 Å². The van der Waals surface area contributed by atoms with E-state index in [-0.39, 0.29) is 0 Å². The van der Waals surface area contributed by atoms with E-state index in [4.69, 9.17) is 5.73 Å². The minimum atomic E-state index is 0.635. The van der Waals surface area contributed by atoms with Gasteiger partial charge < -0.3 is 10.6 Å². The van der Waals surface area contributed by atoms with E-state index in [1.807, 2.05) is 25.9 Å². The molecule has 0 radical (unpaired) electrons. The normalized spacial score (nSPS) is 9.73. The van der Waals surface area contributed by atoms with Crippen LogP contribution in [0.3, 0.4) is 0 Å². The third-order valence-corrected chi connectivity index (χ3v) is 1.40. The van der Waals surface area contributed by atoms with E-state index in [0.29, 0.717) is 11.6 Å². The number of aryl methyl sites for hydroxylation is 1. The van der Waals surface area contributed by atoms with E-state index in [1.165, 1.54) is 0 Å². The monoisotopic (exact) mass is 152 g/mol. The molecule has 0 unspecified atom stereocenters. The Bertz CT molecular complexity index is 257. The minimum absolute atomic E-state index is 0.635. The molecule has 11 heavy (non-hydrogen) atoms. The molecule has 0 aromatic carbocycles. The molecule has 4 heteroatoms. The van der Waals surface area contributed by atoms with Gasteiger partial charge >= 0.3 is 0 Å². The second kappa shape index (κ2) is 2.74. The largest absolute Gasteiger partial charge is 0.396 e. The fourth-order valence-electron chi connectivity index (χ4n) is 0.680. The topological polar surface area (TPSA) is 55.0 Å². The number of nitrogen functional groups attached to an aromatic ring is 1. The van der Waals surface area contributed by atoms with Gasteiger partial charge in [0, 0.05) is 14.1 Å². The summed E-state index contributed by atoms with van der Waals surface area (Å²) in [5.74, 6) is 0.691. The molecule has 0 aliphatic rings. The van der Waals surface area contributed by atoms with Crippen LogP contribution in [0.5, 0.6) is 0 Å². The summed E-state index contributed by atoms with van der Waals surface area (Å²) >= 11 is 0. The highest BCUT2D eigenvalue weighted by atomic mass is 15.2. The van der Waals surface area contributed by atoms with E-state index in [2.05, 4.69) is 9.97 Å². The zero-order chi connectivity index (χ0) is 8.43. The van der Waals surface area contributed by atoms with Crippen molar-refractivity contribution in [2.24, 2.45) is 0 Å². The Labute approximate surface area is 66.1 Å². The van der Waals surface area contributed by atoms with Gasteiger partial charge in [-0.25, -0.2) is 9.97 Å². The molecule has 0 aliphatic heterocycles. The minimum Gasteiger partial charge on any atom is -0.396 e. The summed E-state index contributed by atoms with van der Waals surface area (Å²) in [6.45, 7) is 1.87. The third-order valence-electron chi connectivity index (χ3n) is 1.40. The molecule has 1 aromatic rings. The van der Waals surface area contributed by atoms with Gasteiger partial charge in [0.2, 0.25) is 5.95 Å². The SMILES string of the molecule is Cc1nc(N(C)C)ncc1N. The quantitative estimate of drug-likeness (QED) is 0.634. The van der Waals surface area contributed by atoms with Crippen LogP contribution in [0.15, 0.2) is 6.20 Å². The average Bonchev–Trinajstić information content (AvgIpc) is 1.94. The molecule has 0 amide bonds. The first-order valence-corrected chi connectivity index (χ1v) is 3.37. The van der Waals surface area contributed by atoms with Crippen LogP contribution in [-0.4, -0.2) is 24.1 Å². The predicted molar refractivity (Wildman–Crippen MR) is 45.5 cm³/mol. The first kappa shape index (κ1) is 7.78. The fraction of sp³-hybridized carbons (Fsp3) is 0.429. The molecule has 0 atom stereocenters. The van der Waals surface area contributed by atoms with Crippen LogP contribution in [0.2, 0.25) is 0 Å². The van der Waals surface area contributed by atoms with Crippen LogP contribution >= 0.6 is 0 Å². The molecule has 0 spiro atoms. The Balaban J connectivity index is 3.05. The van der Waals surface area contributed by atoms with E-state index >= 15 is 0 Å². The lowest BCUT2D eigenvalue weighted by molar-refractivity contribution is 0.980. The number of nitrogens with two attached hydrogens (primary N) is 1. The fourth-order valence-corrected chi connectivity index (χ4v) is 0.680. The number of hydrogen-bond acceptors (Lipinski definition) is 4. The molecular formula is C7H12N4. The van der Waals surface area contributed by atoms with Crippen molar-refractivity contribution in [3.8, 4) is 0 Å². The summed E-state index contributed by atoms with van der Waals surface area (Å²) in [6.07, 6.45) is 1.62. The summed E-state index contributed by atoms with van der Waals surface area (Å²) < 4.78 is 0. The molecule has 0 fully saturated rings. The summed E-state index contributed by atoms with van der Waals surface area (Å²) in [4.78, 5) is 10.0. The van der Waals surface area contributed by atoms with Crippen LogP contribution in [0.4, 0.5) is 11.6 Å². The molecule has 0 saturated heterocycles. The lowest BCUT2D eigenvalue weighted by atomic mass is 10.4. The van der Waals surface area contributed by atoms with E-state index in [1.54, 1.807) is 6.20 Å². The number of hydrogen-bond donors (Lipinski definition) is 1. The van der Waals surface area contributed by atoms with Crippen molar-refractivity contribution < 1.29 is 0 Å². The highest BCUT2D eigenvalue weighted by Gasteiger charge is 2.00. The second-order valence-corrected chi connectivity index (χ2v) is 2.61. The highest BCUT2D eigenvalue weighted by Crippen LogP contribution is 2.09. The predicted octanol–water partition coefficient (Wildman–Crippen LogP) is 0.433. The molecular weight excluding hydrogens is 140 g/mol. The molecule has 1 aromatic heterocycles. The molecule has 2 N–H and O–H groups in total. The maximum Gasteiger partial charge on any atom is 0.225 e. The molecule has 1 rings (SSSR count). The van der Waals surface area contributed by atoms with Gasteiger partial charge in [-0.15, -0.1) is 0 Å². The van der Waals surface area contributed by atoms with Crippen LogP contribution in [0.1, 0.15) is 5.69 Å². The summed E-state index contributed by atoms with van der Waals surface area (Å²) in [6, 6.07) is 0. The summed E-state index contributed by atoms with van der Waals surface area (Å²) in [5.41, 5.74) is 7.00. The van der Waals surface area contributed by atoms with Gasteiger partial charge in [-0.1, -0.05) is 0 Å². The Hall–Kier alpha value is -1.32. The maximum absolute atomic E-state index is 5.55. The Morgan fingerprint density at radius 1 is 1.45 bits per heavy atom. The third kappa shape index (κ3) is 1.58. The number of anilines is 2. The van der Waals surface area contributed by atoms with Gasteiger partial charge in [-0.3, -0.25) is 0 Å². The van der Waals surface area contributed by atoms with Gasteiger partial charge in [-0.2, -0.15) is 0 Å². The molecule has 1 heterocycles. The second-order valence-electron chi connectivity index (χ2n) is 2.61. The highest BCUT2D eigenvalue weighted by molar-refractivity contribution is 5.43. The first-order chi connectivity index (χ1) is 5.11. The van der Waals surface area contributed by atoms with Crippen LogP contribution in [0.25, 0.3) is 0 Å². The van der Waals surface area contributed by atoms with Gasteiger partial charge in [0.05, 0.1) is 17.6 Å². The van der Waals surface area contributed by atoms with Crippen molar-refractivity contribution >= 4 is 11.6 Å². The molecule has 60 valence electrons. The van der Waals surface area contributed by atoms with Crippen molar-refractivity contribution in [3.63, 3.8) is 0 Å². The molecule has 4 nitrogen and oxygen atoms in total. The zero-order valence-electron chi connectivity index (χ0n) is 7.00. The van der Waals surface area contributed by atoms with Crippen molar-refractivity contribution in [3.05, 3.63) is 11.9 Å². The van der Waals surface area contributed by atoms with Gasteiger partial charge in [0.15, 0.2) is 0 Å². The first-order valence-electron chi connectivity index (χ1n) is 3.37. The van der Waals surface area contributed by atoms with Crippen molar-refractivity contribution in [2.75, 3.05) is 24.7 Å². The van der Waals surface area contributed by atoms with Crippen LogP contribution in [0, 0.1) is 6.92 Å².